The van der Waals surface area contributed by atoms with Gasteiger partial charge in [0.05, 0.1) is 10.8 Å². The van der Waals surface area contributed by atoms with E-state index in [9.17, 15) is 13.8 Å². The Labute approximate surface area is 106 Å². The molecule has 2 heterocycles. The van der Waals surface area contributed by atoms with Crippen LogP contribution in [0.3, 0.4) is 0 Å². The zero-order valence-corrected chi connectivity index (χ0v) is 10.6. The van der Waals surface area contributed by atoms with Crippen LogP contribution in [-0.2, 0) is 21.1 Å². The van der Waals surface area contributed by atoms with Crippen molar-refractivity contribution in [3.8, 4) is 0 Å². The number of benzene rings is 1. The summed E-state index contributed by atoms with van der Waals surface area (Å²) >= 11 is 0. The summed E-state index contributed by atoms with van der Waals surface area (Å²) in [7, 11) is -1.10. The summed E-state index contributed by atoms with van der Waals surface area (Å²) in [5.41, 5.74) is 0.600. The Kier molecular flexibility index (Phi) is 2.31. The number of urea groups is 1. The number of carbonyl (C=O) groups is 2. The molecule has 0 bridgehead atoms. The number of imide groups is 1. The second kappa shape index (κ2) is 3.65. The Morgan fingerprint density at radius 2 is 2.11 bits per heavy atom. The largest absolute Gasteiger partial charge is 0.322 e. The lowest BCUT2D eigenvalue weighted by molar-refractivity contribution is -0.124. The molecule has 1 saturated heterocycles. The second-order valence-corrected chi connectivity index (χ2v) is 6.15. The van der Waals surface area contributed by atoms with E-state index in [-0.39, 0.29) is 5.91 Å². The summed E-state index contributed by atoms with van der Waals surface area (Å²) in [6, 6.07) is 4.99. The molecular formula is C12H12N2O3S. The minimum absolute atomic E-state index is 0.351. The fraction of sp³-hybridized carbons (Fsp3) is 0.333. The van der Waals surface area contributed by atoms with Gasteiger partial charge >= 0.3 is 6.03 Å². The number of aryl methyl sites for hydroxylation is 1. The molecule has 1 fully saturated rings. The van der Waals surface area contributed by atoms with Gasteiger partial charge in [0.2, 0.25) is 0 Å². The molecule has 3 rings (SSSR count). The normalized spacial score (nSPS) is 29.9. The van der Waals surface area contributed by atoms with Gasteiger partial charge < -0.3 is 5.32 Å². The molecule has 2 unspecified atom stereocenters. The Morgan fingerprint density at radius 3 is 2.78 bits per heavy atom. The Hall–Kier alpha value is -1.69. The van der Waals surface area contributed by atoms with Crippen molar-refractivity contribution in [1.82, 2.24) is 10.6 Å². The number of hydrogen-bond acceptors (Lipinski definition) is 3. The summed E-state index contributed by atoms with van der Waals surface area (Å²) < 4.78 is 12.0. The molecule has 0 aliphatic carbocycles. The minimum Gasteiger partial charge on any atom is -0.319 e. The fourth-order valence-electron chi connectivity index (χ4n) is 2.52. The van der Waals surface area contributed by atoms with Crippen LogP contribution in [0.25, 0.3) is 0 Å². The van der Waals surface area contributed by atoms with Crippen molar-refractivity contribution in [2.45, 2.75) is 23.8 Å². The van der Waals surface area contributed by atoms with Crippen molar-refractivity contribution in [1.29, 1.82) is 0 Å². The topological polar surface area (TPSA) is 75.3 Å². The summed E-state index contributed by atoms with van der Waals surface area (Å²) in [6.07, 6.45) is 0.369. The zero-order valence-electron chi connectivity index (χ0n) is 9.78. The van der Waals surface area contributed by atoms with Gasteiger partial charge in [0.15, 0.2) is 0 Å². The third kappa shape index (κ3) is 1.42. The molecule has 3 amide bonds. The van der Waals surface area contributed by atoms with Crippen LogP contribution in [0.1, 0.15) is 17.5 Å². The first-order valence-electron chi connectivity index (χ1n) is 5.66. The number of hydrogen-bond donors (Lipinski definition) is 2. The van der Waals surface area contributed by atoms with E-state index >= 15 is 0 Å². The van der Waals surface area contributed by atoms with Gasteiger partial charge in [-0.3, -0.25) is 14.3 Å². The number of fused-ring (bicyclic) bond motifs is 2. The minimum atomic E-state index is -1.10. The maximum absolute atomic E-state index is 12.0. The highest BCUT2D eigenvalue weighted by atomic mass is 32.2. The summed E-state index contributed by atoms with van der Waals surface area (Å²) in [4.78, 5) is 24.1. The lowest BCUT2D eigenvalue weighted by Crippen LogP contribution is -2.47. The summed E-state index contributed by atoms with van der Waals surface area (Å²) in [5.74, 6) is 0.0279. The Balaban J connectivity index is 2.24. The van der Waals surface area contributed by atoms with Crippen LogP contribution < -0.4 is 10.6 Å². The van der Waals surface area contributed by atoms with Crippen LogP contribution in [-0.4, -0.2) is 21.9 Å². The van der Waals surface area contributed by atoms with Crippen molar-refractivity contribution in [2.75, 3.05) is 5.75 Å². The Bertz CT molecular complexity index is 599. The van der Waals surface area contributed by atoms with Crippen molar-refractivity contribution >= 4 is 22.7 Å². The molecule has 94 valence electrons. The maximum Gasteiger partial charge on any atom is 0.322 e. The SMILES string of the molecule is Cc1ccc2c(c1)C1(CCS2=O)NC(=O)NC1=O. The first-order chi connectivity index (χ1) is 8.53. The molecule has 2 atom stereocenters. The third-order valence-electron chi connectivity index (χ3n) is 3.44. The average molecular weight is 264 g/mol. The van der Waals surface area contributed by atoms with E-state index in [0.717, 1.165) is 5.56 Å². The number of nitrogens with one attached hydrogen (secondary N) is 2. The second-order valence-electron chi connectivity index (χ2n) is 4.61. The molecule has 5 nitrogen and oxygen atoms in total. The van der Waals surface area contributed by atoms with Gasteiger partial charge in [0.25, 0.3) is 5.91 Å². The lowest BCUT2D eigenvalue weighted by Gasteiger charge is -2.32. The van der Waals surface area contributed by atoms with Gasteiger partial charge in [0, 0.05) is 16.2 Å². The molecule has 2 aliphatic rings. The molecule has 6 heteroatoms. The highest BCUT2D eigenvalue weighted by molar-refractivity contribution is 7.85. The van der Waals surface area contributed by atoms with E-state index in [4.69, 9.17) is 0 Å². The van der Waals surface area contributed by atoms with Gasteiger partial charge in [-0.2, -0.15) is 0 Å². The highest BCUT2D eigenvalue weighted by Gasteiger charge is 2.51. The lowest BCUT2D eigenvalue weighted by atomic mass is 9.86. The van der Waals surface area contributed by atoms with Crippen LogP contribution in [0.2, 0.25) is 0 Å². The van der Waals surface area contributed by atoms with Gasteiger partial charge in [-0.15, -0.1) is 0 Å². The van der Waals surface area contributed by atoms with E-state index in [1.54, 1.807) is 6.07 Å². The monoisotopic (exact) mass is 264 g/mol. The van der Waals surface area contributed by atoms with E-state index in [1.165, 1.54) is 0 Å². The van der Waals surface area contributed by atoms with E-state index in [0.29, 0.717) is 22.6 Å². The van der Waals surface area contributed by atoms with Crippen LogP contribution >= 0.6 is 0 Å². The standard InChI is InChI=1S/C12H12N2O3S/c1-7-2-3-9-8(6-7)12(4-5-18(9)17)10(15)13-11(16)14-12/h2-3,6H,4-5H2,1H3,(H2,13,14,15,16). The van der Waals surface area contributed by atoms with Crippen LogP contribution in [0.5, 0.6) is 0 Å². The van der Waals surface area contributed by atoms with Crippen molar-refractivity contribution in [3.63, 3.8) is 0 Å². The number of carbonyl (C=O) groups excluding carboxylic acids is 2. The molecule has 0 aromatic heterocycles. The van der Waals surface area contributed by atoms with Crippen molar-refractivity contribution in [2.24, 2.45) is 0 Å². The van der Waals surface area contributed by atoms with Crippen molar-refractivity contribution < 1.29 is 13.8 Å². The van der Waals surface area contributed by atoms with Crippen molar-refractivity contribution in [3.05, 3.63) is 29.3 Å². The average Bonchev–Trinajstić information content (AvgIpc) is 2.60. The van der Waals surface area contributed by atoms with Crippen LogP contribution in [0.4, 0.5) is 4.79 Å². The van der Waals surface area contributed by atoms with E-state index in [2.05, 4.69) is 10.6 Å². The van der Waals surface area contributed by atoms with Crippen LogP contribution in [0.15, 0.2) is 23.1 Å². The maximum atomic E-state index is 12.0. The molecule has 1 spiro atoms. The molecule has 0 radical (unpaired) electrons. The van der Waals surface area contributed by atoms with E-state index < -0.39 is 22.4 Å². The fourth-order valence-corrected chi connectivity index (χ4v) is 3.93. The predicted molar refractivity (Wildman–Crippen MR) is 65.4 cm³/mol. The molecular weight excluding hydrogens is 252 g/mol. The van der Waals surface area contributed by atoms with Gasteiger partial charge in [-0.1, -0.05) is 17.7 Å². The molecule has 2 N–H and O–H groups in total. The third-order valence-corrected chi connectivity index (χ3v) is 4.87. The van der Waals surface area contributed by atoms with Crippen LogP contribution in [0, 0.1) is 6.92 Å². The first-order valence-corrected chi connectivity index (χ1v) is 6.98. The zero-order chi connectivity index (χ0) is 12.9. The first kappa shape index (κ1) is 11.4. The van der Waals surface area contributed by atoms with Gasteiger partial charge in [-0.25, -0.2) is 4.79 Å². The molecule has 2 aliphatic heterocycles. The quantitative estimate of drug-likeness (QED) is 0.672. The number of amides is 3. The predicted octanol–water partition coefficient (Wildman–Crippen LogP) is 0.541. The smallest absolute Gasteiger partial charge is 0.319 e. The molecule has 1 aromatic carbocycles. The molecule has 18 heavy (non-hydrogen) atoms. The number of rotatable bonds is 0. The molecule has 0 saturated carbocycles. The molecule has 1 aromatic rings. The Morgan fingerprint density at radius 1 is 1.33 bits per heavy atom. The summed E-state index contributed by atoms with van der Waals surface area (Å²) in [6.45, 7) is 1.90. The van der Waals surface area contributed by atoms with Gasteiger partial charge in [-0.05, 0) is 19.4 Å². The highest BCUT2D eigenvalue weighted by Crippen LogP contribution is 2.37. The van der Waals surface area contributed by atoms with Gasteiger partial charge in [0.1, 0.15) is 5.54 Å². The summed E-state index contributed by atoms with van der Waals surface area (Å²) in [5, 5.41) is 4.95. The van der Waals surface area contributed by atoms with E-state index in [1.807, 2.05) is 19.1 Å².